The number of benzene rings is 2. The molecule has 25 heavy (non-hydrogen) atoms. The van der Waals surface area contributed by atoms with Gasteiger partial charge in [0.05, 0.1) is 6.54 Å². The van der Waals surface area contributed by atoms with Gasteiger partial charge >= 0.3 is 0 Å². The molecule has 2 aromatic carbocycles. The Bertz CT molecular complexity index is 774. The van der Waals surface area contributed by atoms with E-state index < -0.39 is 0 Å². The first-order valence-electron chi connectivity index (χ1n) is 9.10. The Morgan fingerprint density at radius 2 is 1.56 bits per heavy atom. The smallest absolute Gasteiger partial charge is 0.161 e. The summed E-state index contributed by atoms with van der Waals surface area (Å²) in [5.41, 5.74) is 2.55. The van der Waals surface area contributed by atoms with Gasteiger partial charge in [-0.2, -0.15) is 0 Å². The topological polar surface area (TPSA) is 44.8 Å². The molecular weight excluding hydrogens is 308 g/mol. The third-order valence-electron chi connectivity index (χ3n) is 5.03. The Balaban J connectivity index is 1.30. The number of H-pyrrole nitrogens is 1. The Hall–Kier alpha value is -2.46. The standard InChI is InChI=1S/C21H24N4/c1-3-7-17(8-4-1)15-18-11-13-25(14-12-18)16-20-22-21(24-23-20)19-9-5-2-6-10-19/h1-10,18H,11-16H2,(H,22,23,24). The van der Waals surface area contributed by atoms with Crippen LogP contribution in [-0.2, 0) is 13.0 Å². The van der Waals surface area contributed by atoms with Gasteiger partial charge in [-0.05, 0) is 43.8 Å². The summed E-state index contributed by atoms with van der Waals surface area (Å²) < 4.78 is 0. The average molecular weight is 332 g/mol. The van der Waals surface area contributed by atoms with Gasteiger partial charge in [-0.3, -0.25) is 4.90 Å². The maximum atomic E-state index is 4.33. The number of likely N-dealkylation sites (tertiary alicyclic amines) is 1. The Morgan fingerprint density at radius 3 is 2.28 bits per heavy atom. The second kappa shape index (κ2) is 7.62. The van der Waals surface area contributed by atoms with E-state index in [4.69, 9.17) is 0 Å². The Labute approximate surface area is 148 Å². The summed E-state index contributed by atoms with van der Waals surface area (Å²) >= 11 is 0. The fourth-order valence-corrected chi connectivity index (χ4v) is 3.60. The molecular formula is C21H24N4. The predicted molar refractivity (Wildman–Crippen MR) is 100.0 cm³/mol. The molecule has 0 spiro atoms. The molecule has 0 aliphatic carbocycles. The van der Waals surface area contributed by atoms with E-state index >= 15 is 0 Å². The zero-order valence-corrected chi connectivity index (χ0v) is 14.4. The zero-order chi connectivity index (χ0) is 16.9. The van der Waals surface area contributed by atoms with Crippen LogP contribution in [0.2, 0.25) is 0 Å². The third kappa shape index (κ3) is 4.15. The van der Waals surface area contributed by atoms with Gasteiger partial charge in [0.1, 0.15) is 5.82 Å². The SMILES string of the molecule is c1ccc(CC2CCN(Cc3nnc(-c4ccccc4)[nH]3)CC2)cc1. The van der Waals surface area contributed by atoms with E-state index in [-0.39, 0.29) is 0 Å². The zero-order valence-electron chi connectivity index (χ0n) is 14.4. The van der Waals surface area contributed by atoms with E-state index in [2.05, 4.69) is 62.5 Å². The van der Waals surface area contributed by atoms with Crippen LogP contribution in [0.3, 0.4) is 0 Å². The first-order chi connectivity index (χ1) is 12.4. The van der Waals surface area contributed by atoms with Gasteiger partial charge in [-0.15, -0.1) is 10.2 Å². The molecule has 128 valence electrons. The molecule has 4 heteroatoms. The average Bonchev–Trinajstić information content (AvgIpc) is 3.14. The summed E-state index contributed by atoms with van der Waals surface area (Å²) in [6.07, 6.45) is 3.72. The summed E-state index contributed by atoms with van der Waals surface area (Å²) in [6.45, 7) is 3.13. The largest absolute Gasteiger partial charge is 0.324 e. The van der Waals surface area contributed by atoms with Crippen molar-refractivity contribution in [1.29, 1.82) is 0 Å². The van der Waals surface area contributed by atoms with Crippen LogP contribution in [-0.4, -0.2) is 33.2 Å². The highest BCUT2D eigenvalue weighted by atomic mass is 15.2. The molecule has 4 rings (SSSR count). The van der Waals surface area contributed by atoms with E-state index in [1.807, 2.05) is 18.2 Å². The predicted octanol–water partition coefficient (Wildman–Crippen LogP) is 3.93. The summed E-state index contributed by atoms with van der Waals surface area (Å²) in [7, 11) is 0. The fourth-order valence-electron chi connectivity index (χ4n) is 3.60. The number of hydrogen-bond donors (Lipinski definition) is 1. The summed E-state index contributed by atoms with van der Waals surface area (Å²) in [5, 5.41) is 8.62. The molecule has 0 amide bonds. The third-order valence-corrected chi connectivity index (χ3v) is 5.03. The fraction of sp³-hybridized carbons (Fsp3) is 0.333. The number of nitrogens with zero attached hydrogens (tertiary/aromatic N) is 3. The van der Waals surface area contributed by atoms with Crippen LogP contribution < -0.4 is 0 Å². The van der Waals surface area contributed by atoms with Crippen molar-refractivity contribution in [2.24, 2.45) is 5.92 Å². The van der Waals surface area contributed by atoms with E-state index in [1.165, 1.54) is 24.8 Å². The van der Waals surface area contributed by atoms with Gasteiger partial charge in [0.25, 0.3) is 0 Å². The lowest BCUT2D eigenvalue weighted by Gasteiger charge is -2.31. The molecule has 0 unspecified atom stereocenters. The molecule has 1 aliphatic heterocycles. The monoisotopic (exact) mass is 332 g/mol. The first-order valence-corrected chi connectivity index (χ1v) is 9.10. The van der Waals surface area contributed by atoms with Crippen molar-refractivity contribution in [3.05, 3.63) is 72.1 Å². The summed E-state index contributed by atoms with van der Waals surface area (Å²) in [5.74, 6) is 2.61. The van der Waals surface area contributed by atoms with Crippen LogP contribution in [0.1, 0.15) is 24.2 Å². The molecule has 1 aromatic heterocycles. The molecule has 3 aromatic rings. The Morgan fingerprint density at radius 1 is 0.880 bits per heavy atom. The number of aromatic nitrogens is 3. The van der Waals surface area contributed by atoms with E-state index in [0.29, 0.717) is 0 Å². The maximum absolute atomic E-state index is 4.33. The number of piperidine rings is 1. The molecule has 4 nitrogen and oxygen atoms in total. The molecule has 1 saturated heterocycles. The van der Waals surface area contributed by atoms with Crippen molar-refractivity contribution in [2.45, 2.75) is 25.8 Å². The number of nitrogens with one attached hydrogen (secondary N) is 1. The van der Waals surface area contributed by atoms with Gasteiger partial charge in [-0.1, -0.05) is 60.7 Å². The molecule has 1 N–H and O–H groups in total. The van der Waals surface area contributed by atoms with Crippen molar-refractivity contribution in [3.63, 3.8) is 0 Å². The van der Waals surface area contributed by atoms with E-state index in [9.17, 15) is 0 Å². The number of hydrogen-bond acceptors (Lipinski definition) is 3. The minimum Gasteiger partial charge on any atom is -0.324 e. The molecule has 1 aliphatic rings. The summed E-state index contributed by atoms with van der Waals surface area (Å²) in [4.78, 5) is 5.85. The second-order valence-corrected chi connectivity index (χ2v) is 6.90. The highest BCUT2D eigenvalue weighted by Crippen LogP contribution is 2.22. The molecule has 1 fully saturated rings. The number of rotatable bonds is 5. The maximum Gasteiger partial charge on any atom is 0.161 e. The summed E-state index contributed by atoms with van der Waals surface area (Å²) in [6, 6.07) is 21.0. The van der Waals surface area contributed by atoms with Crippen LogP contribution >= 0.6 is 0 Å². The van der Waals surface area contributed by atoms with E-state index in [1.54, 1.807) is 0 Å². The molecule has 0 saturated carbocycles. The molecule has 0 radical (unpaired) electrons. The van der Waals surface area contributed by atoms with Gasteiger partial charge in [-0.25, -0.2) is 0 Å². The van der Waals surface area contributed by atoms with Gasteiger partial charge in [0.15, 0.2) is 5.82 Å². The van der Waals surface area contributed by atoms with Crippen molar-refractivity contribution < 1.29 is 0 Å². The minimum atomic E-state index is 0.799. The quantitative estimate of drug-likeness (QED) is 0.770. The van der Waals surface area contributed by atoms with Crippen LogP contribution in [0.25, 0.3) is 11.4 Å². The first kappa shape index (κ1) is 16.0. The second-order valence-electron chi connectivity index (χ2n) is 6.90. The lowest BCUT2D eigenvalue weighted by atomic mass is 9.90. The van der Waals surface area contributed by atoms with Crippen LogP contribution in [0, 0.1) is 5.92 Å². The highest BCUT2D eigenvalue weighted by molar-refractivity contribution is 5.53. The Kier molecular flexibility index (Phi) is 4.89. The number of aromatic amines is 1. The molecule has 0 bridgehead atoms. The molecule has 0 atom stereocenters. The van der Waals surface area contributed by atoms with Gasteiger partial charge in [0, 0.05) is 5.56 Å². The van der Waals surface area contributed by atoms with Crippen molar-refractivity contribution in [2.75, 3.05) is 13.1 Å². The highest BCUT2D eigenvalue weighted by Gasteiger charge is 2.20. The lowest BCUT2D eigenvalue weighted by molar-refractivity contribution is 0.173. The normalized spacial score (nSPS) is 16.2. The lowest BCUT2D eigenvalue weighted by Crippen LogP contribution is -2.34. The van der Waals surface area contributed by atoms with Crippen LogP contribution in [0.15, 0.2) is 60.7 Å². The van der Waals surface area contributed by atoms with Crippen molar-refractivity contribution in [1.82, 2.24) is 20.1 Å². The van der Waals surface area contributed by atoms with Crippen molar-refractivity contribution in [3.8, 4) is 11.4 Å². The molecule has 2 heterocycles. The van der Waals surface area contributed by atoms with Gasteiger partial charge in [0.2, 0.25) is 0 Å². The minimum absolute atomic E-state index is 0.799. The van der Waals surface area contributed by atoms with E-state index in [0.717, 1.165) is 42.8 Å². The van der Waals surface area contributed by atoms with Crippen molar-refractivity contribution >= 4 is 0 Å². The van der Waals surface area contributed by atoms with Gasteiger partial charge < -0.3 is 4.98 Å². The van der Waals surface area contributed by atoms with Crippen LogP contribution in [0.4, 0.5) is 0 Å². The van der Waals surface area contributed by atoms with Crippen LogP contribution in [0.5, 0.6) is 0 Å².